The largest absolute Gasteiger partial charge is 0.463 e. The molecule has 1 saturated heterocycles. The molecule has 0 bridgehead atoms. The molecule has 1 atom stereocenters. The number of amides is 1. The highest BCUT2D eigenvalue weighted by molar-refractivity contribution is 5.81. The molecule has 0 radical (unpaired) electrons. The van der Waals surface area contributed by atoms with E-state index in [4.69, 9.17) is 9.47 Å². The standard InChI is InChI=1S/C19H31NO4/c1-5-23-16(21)7-6-15-8-9-19(14-15)10-12-20(13-11-19)17(22)24-18(2,3)4/h6-7,15H,5,8-14H2,1-4H3/b7-6+/t15-/m1/s1. The van der Waals surface area contributed by atoms with Gasteiger partial charge >= 0.3 is 12.1 Å². The summed E-state index contributed by atoms with van der Waals surface area (Å²) in [5.41, 5.74) is -0.120. The maximum absolute atomic E-state index is 12.2. The lowest BCUT2D eigenvalue weighted by Crippen LogP contribution is -2.44. The second kappa shape index (κ2) is 7.58. The Morgan fingerprint density at radius 3 is 2.46 bits per heavy atom. The van der Waals surface area contributed by atoms with Crippen LogP contribution in [0.15, 0.2) is 12.2 Å². The van der Waals surface area contributed by atoms with Gasteiger partial charge in [0.15, 0.2) is 0 Å². The minimum absolute atomic E-state index is 0.200. The van der Waals surface area contributed by atoms with Crippen molar-refractivity contribution in [3.8, 4) is 0 Å². The van der Waals surface area contributed by atoms with Crippen LogP contribution in [-0.4, -0.2) is 42.3 Å². The normalized spacial score (nSPS) is 23.7. The number of hydrogen-bond acceptors (Lipinski definition) is 4. The molecule has 0 aromatic heterocycles. The average molecular weight is 337 g/mol. The third-order valence-corrected chi connectivity index (χ3v) is 5.01. The molecule has 0 N–H and O–H groups in total. The zero-order valence-electron chi connectivity index (χ0n) is 15.5. The highest BCUT2D eigenvalue weighted by atomic mass is 16.6. The van der Waals surface area contributed by atoms with Gasteiger partial charge < -0.3 is 14.4 Å². The highest BCUT2D eigenvalue weighted by Crippen LogP contribution is 2.49. The van der Waals surface area contributed by atoms with E-state index in [-0.39, 0.29) is 12.1 Å². The number of esters is 1. The highest BCUT2D eigenvalue weighted by Gasteiger charge is 2.41. The predicted molar refractivity (Wildman–Crippen MR) is 92.6 cm³/mol. The van der Waals surface area contributed by atoms with E-state index >= 15 is 0 Å². The summed E-state index contributed by atoms with van der Waals surface area (Å²) in [7, 11) is 0. The molecular weight excluding hydrogens is 306 g/mol. The Hall–Kier alpha value is -1.52. The molecular formula is C19H31NO4. The zero-order valence-corrected chi connectivity index (χ0v) is 15.5. The van der Waals surface area contributed by atoms with E-state index in [2.05, 4.69) is 0 Å². The molecule has 1 aliphatic carbocycles. The van der Waals surface area contributed by atoms with E-state index in [0.717, 1.165) is 38.8 Å². The van der Waals surface area contributed by atoms with E-state index in [1.165, 1.54) is 6.42 Å². The number of piperidine rings is 1. The molecule has 0 unspecified atom stereocenters. The van der Waals surface area contributed by atoms with Crippen LogP contribution < -0.4 is 0 Å². The third-order valence-electron chi connectivity index (χ3n) is 5.01. The summed E-state index contributed by atoms with van der Waals surface area (Å²) in [5.74, 6) is 0.195. The van der Waals surface area contributed by atoms with Crippen LogP contribution in [0.4, 0.5) is 4.79 Å². The summed E-state index contributed by atoms with van der Waals surface area (Å²) < 4.78 is 10.4. The summed E-state index contributed by atoms with van der Waals surface area (Å²) in [5, 5.41) is 0. The monoisotopic (exact) mass is 337 g/mol. The number of carbonyl (C=O) groups excluding carboxylic acids is 2. The summed E-state index contributed by atoms with van der Waals surface area (Å²) in [6.07, 6.45) is 8.82. The van der Waals surface area contributed by atoms with Crippen LogP contribution in [0.2, 0.25) is 0 Å². The first kappa shape index (κ1) is 18.8. The van der Waals surface area contributed by atoms with Crippen molar-refractivity contribution in [3.63, 3.8) is 0 Å². The molecule has 5 heteroatoms. The quantitative estimate of drug-likeness (QED) is 0.578. The lowest BCUT2D eigenvalue weighted by Gasteiger charge is -2.39. The number of nitrogens with zero attached hydrogens (tertiary/aromatic N) is 1. The number of ether oxygens (including phenoxy) is 2. The van der Waals surface area contributed by atoms with Crippen molar-refractivity contribution in [1.29, 1.82) is 0 Å². The minimum atomic E-state index is -0.442. The SMILES string of the molecule is CCOC(=O)/C=C/[C@@H]1CCC2(CCN(C(=O)OC(C)(C)C)CC2)C1. The fourth-order valence-electron chi connectivity index (χ4n) is 3.77. The maximum Gasteiger partial charge on any atom is 0.410 e. The third kappa shape index (κ3) is 5.25. The maximum atomic E-state index is 12.2. The van der Waals surface area contributed by atoms with Crippen molar-refractivity contribution in [2.75, 3.05) is 19.7 Å². The van der Waals surface area contributed by atoms with E-state index in [0.29, 0.717) is 17.9 Å². The number of hydrogen-bond donors (Lipinski definition) is 0. The smallest absolute Gasteiger partial charge is 0.410 e. The van der Waals surface area contributed by atoms with Gasteiger partial charge in [-0.15, -0.1) is 0 Å². The van der Waals surface area contributed by atoms with Gasteiger partial charge in [0.25, 0.3) is 0 Å². The molecule has 0 aromatic rings. The van der Waals surface area contributed by atoms with Crippen LogP contribution in [0, 0.1) is 11.3 Å². The molecule has 0 aromatic carbocycles. The molecule has 2 fully saturated rings. The zero-order chi connectivity index (χ0) is 17.8. The van der Waals surface area contributed by atoms with Crippen LogP contribution in [0.5, 0.6) is 0 Å². The summed E-state index contributed by atoms with van der Waals surface area (Å²) in [4.78, 5) is 25.4. The molecule has 1 saturated carbocycles. The van der Waals surface area contributed by atoms with Gasteiger partial charge in [-0.25, -0.2) is 9.59 Å². The summed E-state index contributed by atoms with van der Waals surface area (Å²) in [6, 6.07) is 0. The van der Waals surface area contributed by atoms with Gasteiger partial charge in [0.05, 0.1) is 6.61 Å². The summed E-state index contributed by atoms with van der Waals surface area (Å²) >= 11 is 0. The van der Waals surface area contributed by atoms with Gasteiger partial charge in [-0.05, 0) is 71.1 Å². The van der Waals surface area contributed by atoms with Crippen LogP contribution in [0.3, 0.4) is 0 Å². The van der Waals surface area contributed by atoms with E-state index in [9.17, 15) is 9.59 Å². The summed E-state index contributed by atoms with van der Waals surface area (Å²) in [6.45, 7) is 9.45. The van der Waals surface area contributed by atoms with Gasteiger partial charge in [0, 0.05) is 19.2 Å². The Bertz CT molecular complexity index is 484. The molecule has 1 aliphatic heterocycles. The van der Waals surface area contributed by atoms with Crippen LogP contribution in [-0.2, 0) is 14.3 Å². The molecule has 24 heavy (non-hydrogen) atoms. The molecule has 5 nitrogen and oxygen atoms in total. The van der Waals surface area contributed by atoms with Gasteiger partial charge in [-0.3, -0.25) is 0 Å². The fraction of sp³-hybridized carbons (Fsp3) is 0.789. The molecule has 136 valence electrons. The van der Waals surface area contributed by atoms with Crippen LogP contribution in [0.1, 0.15) is 59.8 Å². The van der Waals surface area contributed by atoms with Crippen molar-refractivity contribution in [2.45, 2.75) is 65.4 Å². The second-order valence-electron chi connectivity index (χ2n) is 8.08. The van der Waals surface area contributed by atoms with Gasteiger partial charge in [-0.2, -0.15) is 0 Å². The van der Waals surface area contributed by atoms with Crippen molar-refractivity contribution < 1.29 is 19.1 Å². The first-order valence-corrected chi connectivity index (χ1v) is 9.06. The van der Waals surface area contributed by atoms with Crippen LogP contribution in [0.25, 0.3) is 0 Å². The predicted octanol–water partition coefficient (Wildman–Crippen LogP) is 3.92. The van der Waals surface area contributed by atoms with Crippen molar-refractivity contribution in [2.24, 2.45) is 11.3 Å². The topological polar surface area (TPSA) is 55.8 Å². The Labute approximate surface area is 145 Å². The average Bonchev–Trinajstić information content (AvgIpc) is 2.87. The number of allylic oxidation sites excluding steroid dienone is 1. The molecule has 1 spiro atoms. The molecule has 1 heterocycles. The Morgan fingerprint density at radius 2 is 1.88 bits per heavy atom. The number of carbonyl (C=O) groups is 2. The number of rotatable bonds is 3. The van der Waals surface area contributed by atoms with Gasteiger partial charge in [0.1, 0.15) is 5.60 Å². The van der Waals surface area contributed by atoms with Crippen molar-refractivity contribution in [3.05, 3.63) is 12.2 Å². The van der Waals surface area contributed by atoms with Crippen molar-refractivity contribution >= 4 is 12.1 Å². The minimum Gasteiger partial charge on any atom is -0.463 e. The fourth-order valence-corrected chi connectivity index (χ4v) is 3.77. The second-order valence-corrected chi connectivity index (χ2v) is 8.08. The Kier molecular flexibility index (Phi) is 5.94. The van der Waals surface area contributed by atoms with Crippen molar-refractivity contribution in [1.82, 2.24) is 4.90 Å². The van der Waals surface area contributed by atoms with E-state index < -0.39 is 5.60 Å². The Balaban J connectivity index is 1.82. The lowest BCUT2D eigenvalue weighted by molar-refractivity contribution is -0.137. The van der Waals surface area contributed by atoms with Crippen LogP contribution >= 0.6 is 0 Å². The first-order chi connectivity index (χ1) is 11.2. The van der Waals surface area contributed by atoms with Gasteiger partial charge in [0.2, 0.25) is 0 Å². The van der Waals surface area contributed by atoms with E-state index in [1.54, 1.807) is 6.08 Å². The lowest BCUT2D eigenvalue weighted by atomic mass is 9.76. The van der Waals surface area contributed by atoms with Gasteiger partial charge in [-0.1, -0.05) is 6.08 Å². The Morgan fingerprint density at radius 1 is 1.21 bits per heavy atom. The van der Waals surface area contributed by atoms with E-state index in [1.807, 2.05) is 38.7 Å². The molecule has 1 amide bonds. The molecule has 2 aliphatic rings. The molecule has 2 rings (SSSR count). The number of likely N-dealkylation sites (tertiary alicyclic amines) is 1. The first-order valence-electron chi connectivity index (χ1n) is 9.06.